The van der Waals surface area contributed by atoms with Gasteiger partial charge in [0.25, 0.3) is 5.91 Å². The molecule has 3 rings (SSSR count). The van der Waals surface area contributed by atoms with Crippen LogP contribution in [0.15, 0.2) is 47.8 Å². The van der Waals surface area contributed by atoms with Gasteiger partial charge in [0.1, 0.15) is 10.8 Å². The maximum Gasteiger partial charge on any atom is 0.269 e. The summed E-state index contributed by atoms with van der Waals surface area (Å²) in [6, 6.07) is 8.44. The first-order chi connectivity index (χ1) is 12.9. The van der Waals surface area contributed by atoms with E-state index >= 15 is 0 Å². The minimum Gasteiger partial charge on any atom is -0.273 e. The zero-order valence-corrected chi connectivity index (χ0v) is 14.4. The lowest BCUT2D eigenvalue weighted by molar-refractivity contribution is -0.121. The maximum absolute atomic E-state index is 13.1. The first kappa shape index (κ1) is 18.6. The van der Waals surface area contributed by atoms with Crippen molar-refractivity contribution >= 4 is 23.2 Å². The highest BCUT2D eigenvalue weighted by molar-refractivity contribution is 7.13. The summed E-state index contributed by atoms with van der Waals surface area (Å²) in [5.74, 6) is -3.91. The first-order valence-electron chi connectivity index (χ1n) is 7.67. The van der Waals surface area contributed by atoms with Crippen LogP contribution in [0.2, 0.25) is 0 Å². The molecule has 0 atom stereocenters. The fourth-order valence-corrected chi connectivity index (χ4v) is 2.98. The molecule has 2 aromatic carbocycles. The van der Waals surface area contributed by atoms with Crippen molar-refractivity contribution < 1.29 is 22.8 Å². The van der Waals surface area contributed by atoms with Gasteiger partial charge in [0, 0.05) is 16.5 Å². The van der Waals surface area contributed by atoms with Gasteiger partial charge in [0.05, 0.1) is 12.1 Å². The van der Waals surface area contributed by atoms with E-state index in [0.29, 0.717) is 10.7 Å². The van der Waals surface area contributed by atoms with Crippen LogP contribution in [0, 0.1) is 17.5 Å². The highest BCUT2D eigenvalue weighted by Crippen LogP contribution is 2.24. The molecule has 0 saturated carbocycles. The van der Waals surface area contributed by atoms with Crippen molar-refractivity contribution in [1.82, 2.24) is 15.8 Å². The highest BCUT2D eigenvalue weighted by atomic mass is 32.1. The number of nitrogens with zero attached hydrogens (tertiary/aromatic N) is 1. The number of carbonyl (C=O) groups is 2. The summed E-state index contributed by atoms with van der Waals surface area (Å²) in [6.07, 6.45) is -0.101. The van der Waals surface area contributed by atoms with Gasteiger partial charge in [-0.05, 0) is 42.5 Å². The molecule has 138 valence electrons. The van der Waals surface area contributed by atoms with Gasteiger partial charge in [-0.1, -0.05) is 0 Å². The van der Waals surface area contributed by atoms with Gasteiger partial charge in [-0.25, -0.2) is 18.2 Å². The zero-order valence-electron chi connectivity index (χ0n) is 13.6. The topological polar surface area (TPSA) is 71.1 Å². The van der Waals surface area contributed by atoms with Crippen molar-refractivity contribution in [3.8, 4) is 10.6 Å². The second-order valence-corrected chi connectivity index (χ2v) is 6.32. The molecule has 27 heavy (non-hydrogen) atoms. The van der Waals surface area contributed by atoms with Crippen LogP contribution >= 0.6 is 11.3 Å². The van der Waals surface area contributed by atoms with Crippen LogP contribution in [0.1, 0.15) is 16.1 Å². The van der Waals surface area contributed by atoms with Crippen LogP contribution in [0.25, 0.3) is 10.6 Å². The van der Waals surface area contributed by atoms with E-state index in [2.05, 4.69) is 15.8 Å². The minimum absolute atomic E-state index is 0.101. The quantitative estimate of drug-likeness (QED) is 0.671. The van der Waals surface area contributed by atoms with Crippen LogP contribution < -0.4 is 10.9 Å². The number of benzene rings is 2. The molecule has 0 aliphatic heterocycles. The average molecular weight is 391 g/mol. The molecule has 5 nitrogen and oxygen atoms in total. The zero-order chi connectivity index (χ0) is 19.4. The van der Waals surface area contributed by atoms with Crippen LogP contribution in [0.3, 0.4) is 0 Å². The lowest BCUT2D eigenvalue weighted by atomic mass is 10.2. The molecule has 3 aromatic rings. The summed E-state index contributed by atoms with van der Waals surface area (Å²) in [5.41, 5.74) is 5.35. The molecular formula is C18H12F3N3O2S. The van der Waals surface area contributed by atoms with Crippen LogP contribution in [-0.2, 0) is 11.2 Å². The Morgan fingerprint density at radius 3 is 2.41 bits per heavy atom. The summed E-state index contributed by atoms with van der Waals surface area (Å²) in [5, 5.41) is 2.30. The average Bonchev–Trinajstić information content (AvgIpc) is 3.11. The number of hydrogen-bond donors (Lipinski definition) is 2. The standard InChI is InChI=1S/C18H12F3N3O2S/c19-12-4-1-10(2-5-12)18-22-13(9-27-18)8-16(25)23-24-17(26)11-3-6-14(20)15(21)7-11/h1-7,9H,8H2,(H,23,25)(H,24,26). The number of nitrogens with one attached hydrogen (secondary N) is 2. The predicted octanol–water partition coefficient (Wildman–Crippen LogP) is 3.23. The van der Waals surface area contributed by atoms with Gasteiger partial charge in [0.15, 0.2) is 11.6 Å². The molecule has 2 N–H and O–H groups in total. The molecule has 0 saturated heterocycles. The first-order valence-corrected chi connectivity index (χ1v) is 8.55. The molecule has 9 heteroatoms. The van der Waals surface area contributed by atoms with Crippen molar-refractivity contribution in [3.05, 3.63) is 76.6 Å². The number of carbonyl (C=O) groups excluding carboxylic acids is 2. The Balaban J connectivity index is 1.55. The fraction of sp³-hybridized carbons (Fsp3) is 0.0556. The summed E-state index contributed by atoms with van der Waals surface area (Å²) < 4.78 is 38.9. The number of aromatic nitrogens is 1. The molecule has 1 heterocycles. The van der Waals surface area contributed by atoms with Gasteiger partial charge in [-0.2, -0.15) is 0 Å². The van der Waals surface area contributed by atoms with Gasteiger partial charge < -0.3 is 0 Å². The minimum atomic E-state index is -1.16. The van der Waals surface area contributed by atoms with Crippen molar-refractivity contribution in [3.63, 3.8) is 0 Å². The molecule has 0 bridgehead atoms. The molecule has 0 fully saturated rings. The summed E-state index contributed by atoms with van der Waals surface area (Å²) >= 11 is 1.30. The number of amides is 2. The molecule has 0 spiro atoms. The number of thiazole rings is 1. The van der Waals surface area contributed by atoms with Gasteiger partial charge in [-0.3, -0.25) is 20.4 Å². The van der Waals surface area contributed by atoms with E-state index in [1.165, 1.54) is 23.5 Å². The van der Waals surface area contributed by atoms with Crippen LogP contribution in [0.4, 0.5) is 13.2 Å². The van der Waals surface area contributed by atoms with E-state index in [1.54, 1.807) is 17.5 Å². The van der Waals surface area contributed by atoms with Gasteiger partial charge in [-0.15, -0.1) is 11.3 Å². The smallest absolute Gasteiger partial charge is 0.269 e. The monoisotopic (exact) mass is 391 g/mol. The van der Waals surface area contributed by atoms with E-state index < -0.39 is 23.4 Å². The third kappa shape index (κ3) is 4.70. The Morgan fingerprint density at radius 1 is 0.963 bits per heavy atom. The number of hydrazine groups is 1. The highest BCUT2D eigenvalue weighted by Gasteiger charge is 2.12. The Kier molecular flexibility index (Phi) is 5.51. The SMILES string of the molecule is O=C(Cc1csc(-c2ccc(F)cc2)n1)NNC(=O)c1ccc(F)c(F)c1. The maximum atomic E-state index is 13.1. The largest absolute Gasteiger partial charge is 0.273 e. The second kappa shape index (κ2) is 8.00. The van der Waals surface area contributed by atoms with E-state index in [-0.39, 0.29) is 17.8 Å². The Bertz CT molecular complexity index is 990. The molecule has 0 unspecified atom stereocenters. The number of halogens is 3. The molecule has 1 aromatic heterocycles. The predicted molar refractivity (Wildman–Crippen MR) is 93.2 cm³/mol. The molecule has 0 aliphatic carbocycles. The third-order valence-corrected chi connectivity index (χ3v) is 4.42. The van der Waals surface area contributed by atoms with Gasteiger partial charge in [0.2, 0.25) is 5.91 Å². The van der Waals surface area contributed by atoms with E-state index in [0.717, 1.165) is 23.8 Å². The summed E-state index contributed by atoms with van der Waals surface area (Å²) in [7, 11) is 0. The van der Waals surface area contributed by atoms with Crippen molar-refractivity contribution in [1.29, 1.82) is 0 Å². The van der Waals surface area contributed by atoms with Gasteiger partial charge >= 0.3 is 0 Å². The van der Waals surface area contributed by atoms with E-state index in [1.807, 2.05) is 0 Å². The summed E-state index contributed by atoms with van der Waals surface area (Å²) in [4.78, 5) is 28.0. The van der Waals surface area contributed by atoms with Crippen molar-refractivity contribution in [2.45, 2.75) is 6.42 Å². The lowest BCUT2D eigenvalue weighted by Gasteiger charge is -2.07. The Morgan fingerprint density at radius 2 is 1.70 bits per heavy atom. The van der Waals surface area contributed by atoms with E-state index in [4.69, 9.17) is 0 Å². The lowest BCUT2D eigenvalue weighted by Crippen LogP contribution is -2.42. The summed E-state index contributed by atoms with van der Waals surface area (Å²) in [6.45, 7) is 0. The molecule has 0 aliphatic rings. The van der Waals surface area contributed by atoms with Crippen LogP contribution in [0.5, 0.6) is 0 Å². The van der Waals surface area contributed by atoms with Crippen LogP contribution in [-0.4, -0.2) is 16.8 Å². The Labute approximate surface area is 155 Å². The normalized spacial score (nSPS) is 10.5. The van der Waals surface area contributed by atoms with Crippen molar-refractivity contribution in [2.24, 2.45) is 0 Å². The molecular weight excluding hydrogens is 379 g/mol. The number of hydrogen-bond acceptors (Lipinski definition) is 4. The second-order valence-electron chi connectivity index (χ2n) is 5.46. The third-order valence-electron chi connectivity index (χ3n) is 3.48. The Hall–Kier alpha value is -3.20. The molecule has 0 radical (unpaired) electrons. The molecule has 2 amide bonds. The van der Waals surface area contributed by atoms with Crippen molar-refractivity contribution in [2.75, 3.05) is 0 Å². The fourth-order valence-electron chi connectivity index (χ4n) is 2.16. The van der Waals surface area contributed by atoms with E-state index in [9.17, 15) is 22.8 Å². The number of rotatable bonds is 4.